The minimum atomic E-state index is -3.65. The van der Waals surface area contributed by atoms with Crippen molar-refractivity contribution in [2.45, 2.75) is 30.9 Å². The molecule has 0 bridgehead atoms. The van der Waals surface area contributed by atoms with Crippen LogP contribution >= 0.6 is 22.9 Å². The number of halogens is 1. The van der Waals surface area contributed by atoms with Crippen molar-refractivity contribution in [1.82, 2.24) is 4.72 Å². The van der Waals surface area contributed by atoms with Crippen molar-refractivity contribution in [3.05, 3.63) is 51.2 Å². The molecule has 0 aliphatic heterocycles. The first kappa shape index (κ1) is 16.5. The van der Waals surface area contributed by atoms with Gasteiger partial charge in [-0.25, -0.2) is 13.1 Å². The number of hydrogen-bond donors (Lipinski definition) is 2. The summed E-state index contributed by atoms with van der Waals surface area (Å²) in [4.78, 5) is 0.977. The van der Waals surface area contributed by atoms with Gasteiger partial charge in [0.15, 0.2) is 0 Å². The van der Waals surface area contributed by atoms with Gasteiger partial charge in [0.25, 0.3) is 0 Å². The SMILES string of the molecule is CC(O)c1cccc(S(=O)(=O)NC(C)c2ccc(Cl)s2)c1. The highest BCUT2D eigenvalue weighted by molar-refractivity contribution is 7.89. The van der Waals surface area contributed by atoms with Gasteiger partial charge in [-0.1, -0.05) is 23.7 Å². The third kappa shape index (κ3) is 4.05. The first-order valence-corrected chi connectivity index (χ1v) is 9.03. The zero-order valence-corrected chi connectivity index (χ0v) is 14.0. The summed E-state index contributed by atoms with van der Waals surface area (Å²) in [5.74, 6) is 0. The van der Waals surface area contributed by atoms with Crippen LogP contribution in [-0.4, -0.2) is 13.5 Å². The fraction of sp³-hybridized carbons (Fsp3) is 0.286. The molecule has 2 rings (SSSR count). The predicted molar refractivity (Wildman–Crippen MR) is 85.1 cm³/mol. The van der Waals surface area contributed by atoms with Crippen molar-refractivity contribution in [2.75, 3.05) is 0 Å². The minimum Gasteiger partial charge on any atom is -0.389 e. The maximum Gasteiger partial charge on any atom is 0.241 e. The van der Waals surface area contributed by atoms with Gasteiger partial charge in [0, 0.05) is 4.88 Å². The summed E-state index contributed by atoms with van der Waals surface area (Å²) in [6.45, 7) is 3.35. The number of aliphatic hydroxyl groups is 1. The van der Waals surface area contributed by atoms with E-state index in [9.17, 15) is 13.5 Å². The van der Waals surface area contributed by atoms with Crippen LogP contribution in [0, 0.1) is 0 Å². The van der Waals surface area contributed by atoms with Crippen LogP contribution in [0.5, 0.6) is 0 Å². The molecule has 2 aromatic rings. The fourth-order valence-corrected chi connectivity index (χ4v) is 4.28. The van der Waals surface area contributed by atoms with E-state index in [4.69, 9.17) is 11.6 Å². The Morgan fingerprint density at radius 1 is 1.24 bits per heavy atom. The van der Waals surface area contributed by atoms with Crippen LogP contribution in [0.2, 0.25) is 4.34 Å². The normalized spacial score (nSPS) is 14.9. The van der Waals surface area contributed by atoms with Gasteiger partial charge in [0.2, 0.25) is 10.0 Å². The zero-order chi connectivity index (χ0) is 15.6. The summed E-state index contributed by atoms with van der Waals surface area (Å²) >= 11 is 7.20. The van der Waals surface area contributed by atoms with Gasteiger partial charge < -0.3 is 5.11 Å². The van der Waals surface area contributed by atoms with Gasteiger partial charge in [-0.2, -0.15) is 0 Å². The highest BCUT2D eigenvalue weighted by Crippen LogP contribution is 2.28. The molecule has 0 aliphatic rings. The molecule has 0 radical (unpaired) electrons. The van der Waals surface area contributed by atoms with Crippen LogP contribution in [0.4, 0.5) is 0 Å². The lowest BCUT2D eigenvalue weighted by Gasteiger charge is -2.14. The molecule has 2 unspecified atom stereocenters. The Kier molecular flexibility index (Phi) is 5.06. The van der Waals surface area contributed by atoms with E-state index in [1.165, 1.54) is 23.5 Å². The monoisotopic (exact) mass is 345 g/mol. The predicted octanol–water partition coefficient (Wildman–Crippen LogP) is 3.49. The number of benzene rings is 1. The van der Waals surface area contributed by atoms with Gasteiger partial charge in [-0.15, -0.1) is 11.3 Å². The maximum atomic E-state index is 12.4. The molecule has 2 atom stereocenters. The second-order valence-corrected chi connectivity index (χ2v) is 8.19. The largest absolute Gasteiger partial charge is 0.389 e. The second-order valence-electron chi connectivity index (χ2n) is 4.73. The summed E-state index contributed by atoms with van der Waals surface area (Å²) in [6.07, 6.45) is -0.714. The molecule has 0 fully saturated rings. The first-order valence-electron chi connectivity index (χ1n) is 6.35. The molecule has 1 aromatic heterocycles. The second kappa shape index (κ2) is 6.46. The number of sulfonamides is 1. The van der Waals surface area contributed by atoms with Crippen molar-refractivity contribution in [2.24, 2.45) is 0 Å². The molecule has 0 saturated heterocycles. The smallest absolute Gasteiger partial charge is 0.241 e. The Bertz CT molecular complexity index is 725. The summed E-state index contributed by atoms with van der Waals surface area (Å²) in [6, 6.07) is 9.44. The lowest BCUT2D eigenvalue weighted by Crippen LogP contribution is -2.26. The molecule has 0 saturated carbocycles. The van der Waals surface area contributed by atoms with E-state index in [1.807, 2.05) is 0 Å². The summed E-state index contributed by atoms with van der Waals surface area (Å²) < 4.78 is 28.0. The molecule has 7 heteroatoms. The van der Waals surface area contributed by atoms with Crippen molar-refractivity contribution in [1.29, 1.82) is 0 Å². The molecular formula is C14H16ClNO3S2. The molecular weight excluding hydrogens is 330 g/mol. The van der Waals surface area contributed by atoms with Crippen LogP contribution < -0.4 is 4.72 Å². The number of hydrogen-bond acceptors (Lipinski definition) is 4. The van der Waals surface area contributed by atoms with E-state index < -0.39 is 16.1 Å². The highest BCUT2D eigenvalue weighted by Gasteiger charge is 2.20. The lowest BCUT2D eigenvalue weighted by atomic mass is 10.1. The van der Waals surface area contributed by atoms with E-state index in [0.29, 0.717) is 9.90 Å². The van der Waals surface area contributed by atoms with Gasteiger partial charge in [-0.3, -0.25) is 0 Å². The Hall–Kier alpha value is -0.920. The Labute approximate surface area is 133 Å². The molecule has 4 nitrogen and oxygen atoms in total. The molecule has 0 amide bonds. The van der Waals surface area contributed by atoms with E-state index in [2.05, 4.69) is 4.72 Å². The van der Waals surface area contributed by atoms with Gasteiger partial charge in [-0.05, 0) is 43.7 Å². The lowest BCUT2D eigenvalue weighted by molar-refractivity contribution is 0.199. The van der Waals surface area contributed by atoms with E-state index in [-0.39, 0.29) is 10.9 Å². The topological polar surface area (TPSA) is 66.4 Å². The third-order valence-corrected chi connectivity index (χ3v) is 5.96. The van der Waals surface area contributed by atoms with E-state index in [1.54, 1.807) is 38.1 Å². The van der Waals surface area contributed by atoms with Crippen molar-refractivity contribution >= 4 is 33.0 Å². The number of nitrogens with one attached hydrogen (secondary N) is 1. The molecule has 1 aromatic carbocycles. The van der Waals surface area contributed by atoms with E-state index in [0.717, 1.165) is 4.88 Å². The maximum absolute atomic E-state index is 12.4. The molecule has 1 heterocycles. The Balaban J connectivity index is 2.24. The third-order valence-electron chi connectivity index (χ3n) is 3.00. The van der Waals surface area contributed by atoms with Crippen molar-refractivity contribution < 1.29 is 13.5 Å². The minimum absolute atomic E-state index is 0.135. The molecule has 0 spiro atoms. The summed E-state index contributed by atoms with van der Waals surface area (Å²) in [5, 5.41) is 9.55. The van der Waals surface area contributed by atoms with Gasteiger partial charge in [0.1, 0.15) is 0 Å². The van der Waals surface area contributed by atoms with Gasteiger partial charge in [0.05, 0.1) is 21.4 Å². The summed E-state index contributed by atoms with van der Waals surface area (Å²) in [5.41, 5.74) is 0.560. The van der Waals surface area contributed by atoms with Crippen LogP contribution in [0.15, 0.2) is 41.3 Å². The number of aliphatic hydroxyl groups excluding tert-OH is 1. The number of rotatable bonds is 5. The van der Waals surface area contributed by atoms with Gasteiger partial charge >= 0.3 is 0 Å². The van der Waals surface area contributed by atoms with Crippen LogP contribution in [0.3, 0.4) is 0 Å². The Morgan fingerprint density at radius 3 is 2.52 bits per heavy atom. The number of thiophene rings is 1. The average Bonchev–Trinajstić information content (AvgIpc) is 2.85. The highest BCUT2D eigenvalue weighted by atomic mass is 35.5. The molecule has 0 aliphatic carbocycles. The molecule has 114 valence electrons. The Morgan fingerprint density at radius 2 is 1.95 bits per heavy atom. The van der Waals surface area contributed by atoms with Crippen molar-refractivity contribution in [3.8, 4) is 0 Å². The van der Waals surface area contributed by atoms with Crippen LogP contribution in [-0.2, 0) is 10.0 Å². The first-order chi connectivity index (χ1) is 9.79. The average molecular weight is 346 g/mol. The summed E-state index contributed by atoms with van der Waals surface area (Å²) in [7, 11) is -3.65. The fourth-order valence-electron chi connectivity index (χ4n) is 1.86. The van der Waals surface area contributed by atoms with Crippen LogP contribution in [0.1, 0.15) is 36.4 Å². The standard InChI is InChI=1S/C14H16ClNO3S2/c1-9(13-6-7-14(15)20-13)16-21(18,19)12-5-3-4-11(8-12)10(2)17/h3-10,16-17H,1-2H3. The van der Waals surface area contributed by atoms with E-state index >= 15 is 0 Å². The van der Waals surface area contributed by atoms with Crippen LogP contribution in [0.25, 0.3) is 0 Å². The quantitative estimate of drug-likeness (QED) is 0.871. The van der Waals surface area contributed by atoms with Crippen molar-refractivity contribution in [3.63, 3.8) is 0 Å². The zero-order valence-electron chi connectivity index (χ0n) is 11.6. The molecule has 21 heavy (non-hydrogen) atoms. The molecule has 2 N–H and O–H groups in total.